The Hall–Kier alpha value is -1.25. The van der Waals surface area contributed by atoms with Gasteiger partial charge in [-0.1, -0.05) is 47.5 Å². The molecule has 94 valence electrons. The Morgan fingerprint density at radius 2 is 1.61 bits per heavy atom. The molecule has 2 aromatic carbocycles. The molecule has 1 atom stereocenters. The molecule has 0 saturated carbocycles. The van der Waals surface area contributed by atoms with Gasteiger partial charge >= 0.3 is 0 Å². The molecule has 0 aliphatic heterocycles. The van der Waals surface area contributed by atoms with Crippen LogP contribution in [0.1, 0.15) is 28.4 Å². The van der Waals surface area contributed by atoms with Crippen molar-refractivity contribution >= 4 is 11.8 Å². The van der Waals surface area contributed by atoms with Crippen LogP contribution in [0, 0.1) is 13.8 Å². The predicted octanol–water partition coefficient (Wildman–Crippen LogP) is 4.11. The number of benzene rings is 2. The number of hydrogen-bond acceptors (Lipinski definition) is 2. The van der Waals surface area contributed by atoms with Crippen molar-refractivity contribution in [2.45, 2.75) is 24.8 Å². The average Bonchev–Trinajstić information content (AvgIpc) is 2.36. The molecule has 18 heavy (non-hydrogen) atoms. The number of thioether (sulfide) groups is 1. The second-order valence-corrected chi connectivity index (χ2v) is 5.41. The summed E-state index contributed by atoms with van der Waals surface area (Å²) >= 11 is 1.67. The molecule has 0 spiro atoms. The van der Waals surface area contributed by atoms with Gasteiger partial charge in [0, 0.05) is 4.90 Å². The third kappa shape index (κ3) is 2.77. The van der Waals surface area contributed by atoms with Crippen LogP contribution in [0.5, 0.6) is 0 Å². The zero-order chi connectivity index (χ0) is 13.1. The molecule has 0 aromatic heterocycles. The molecule has 1 nitrogen and oxygen atoms in total. The van der Waals surface area contributed by atoms with Gasteiger partial charge in [-0.15, -0.1) is 11.8 Å². The molecule has 2 aromatic rings. The predicted molar refractivity (Wildman–Crippen MR) is 78.2 cm³/mol. The van der Waals surface area contributed by atoms with Crippen LogP contribution in [-0.4, -0.2) is 11.4 Å². The maximum atomic E-state index is 10.5. The maximum Gasteiger partial charge on any atom is 0.105 e. The van der Waals surface area contributed by atoms with Crippen molar-refractivity contribution in [3.63, 3.8) is 0 Å². The average molecular weight is 258 g/mol. The summed E-state index contributed by atoms with van der Waals surface area (Å²) in [6, 6.07) is 14.2. The SMILES string of the molecule is CSc1ccccc1C(O)c1cc(C)cc(C)c1. The Labute approximate surface area is 113 Å². The van der Waals surface area contributed by atoms with Crippen molar-refractivity contribution in [1.29, 1.82) is 0 Å². The minimum absolute atomic E-state index is 0.549. The van der Waals surface area contributed by atoms with Crippen LogP contribution in [0.25, 0.3) is 0 Å². The molecule has 0 radical (unpaired) electrons. The number of hydrogen-bond donors (Lipinski definition) is 1. The van der Waals surface area contributed by atoms with Gasteiger partial charge in [0.25, 0.3) is 0 Å². The summed E-state index contributed by atoms with van der Waals surface area (Å²) in [5, 5.41) is 10.5. The topological polar surface area (TPSA) is 20.2 Å². The Balaban J connectivity index is 2.44. The quantitative estimate of drug-likeness (QED) is 0.836. The Bertz CT molecular complexity index is 528. The van der Waals surface area contributed by atoms with Gasteiger partial charge < -0.3 is 5.11 Å². The normalized spacial score (nSPS) is 12.4. The Morgan fingerprint density at radius 3 is 2.22 bits per heavy atom. The molecule has 0 fully saturated rings. The van der Waals surface area contributed by atoms with E-state index in [9.17, 15) is 5.11 Å². The molecule has 0 saturated heterocycles. The minimum Gasteiger partial charge on any atom is -0.384 e. The van der Waals surface area contributed by atoms with Gasteiger partial charge in [-0.2, -0.15) is 0 Å². The van der Waals surface area contributed by atoms with Crippen molar-refractivity contribution in [3.8, 4) is 0 Å². The van der Waals surface area contributed by atoms with Gasteiger partial charge in [0.2, 0.25) is 0 Å². The van der Waals surface area contributed by atoms with Crippen molar-refractivity contribution in [3.05, 3.63) is 64.7 Å². The summed E-state index contributed by atoms with van der Waals surface area (Å²) in [4.78, 5) is 1.13. The lowest BCUT2D eigenvalue weighted by molar-refractivity contribution is 0.217. The van der Waals surface area contributed by atoms with Crippen LogP contribution in [0.15, 0.2) is 47.4 Å². The van der Waals surface area contributed by atoms with Crippen molar-refractivity contribution < 1.29 is 5.11 Å². The van der Waals surface area contributed by atoms with Crippen molar-refractivity contribution in [2.24, 2.45) is 0 Å². The lowest BCUT2D eigenvalue weighted by Gasteiger charge is -2.16. The van der Waals surface area contributed by atoms with Gasteiger partial charge in [-0.25, -0.2) is 0 Å². The first-order valence-corrected chi connectivity index (χ1v) is 7.23. The van der Waals surface area contributed by atoms with E-state index in [2.05, 4.69) is 32.0 Å². The standard InChI is InChI=1S/C16H18OS/c1-11-8-12(2)10-13(9-11)16(17)14-6-4-5-7-15(14)18-3/h4-10,16-17H,1-3H3. The summed E-state index contributed by atoms with van der Waals surface area (Å²) in [6.45, 7) is 4.12. The highest BCUT2D eigenvalue weighted by molar-refractivity contribution is 7.98. The smallest absolute Gasteiger partial charge is 0.105 e. The molecular formula is C16H18OS. The lowest BCUT2D eigenvalue weighted by atomic mass is 9.98. The fourth-order valence-electron chi connectivity index (χ4n) is 2.24. The Kier molecular flexibility index (Phi) is 4.10. The number of aryl methyl sites for hydroxylation is 2. The van der Waals surface area contributed by atoms with Gasteiger partial charge in [0.15, 0.2) is 0 Å². The molecule has 0 amide bonds. The summed E-state index contributed by atoms with van der Waals surface area (Å²) in [6.07, 6.45) is 1.49. The molecule has 0 aliphatic rings. The summed E-state index contributed by atoms with van der Waals surface area (Å²) < 4.78 is 0. The van der Waals surface area contributed by atoms with E-state index in [1.807, 2.05) is 30.5 Å². The van der Waals surface area contributed by atoms with E-state index in [4.69, 9.17) is 0 Å². The van der Waals surface area contributed by atoms with E-state index >= 15 is 0 Å². The lowest BCUT2D eigenvalue weighted by Crippen LogP contribution is -2.02. The molecule has 1 unspecified atom stereocenters. The number of aliphatic hydroxyl groups excluding tert-OH is 1. The van der Waals surface area contributed by atoms with Gasteiger partial charge in [-0.3, -0.25) is 0 Å². The van der Waals surface area contributed by atoms with E-state index in [-0.39, 0.29) is 0 Å². The first-order chi connectivity index (χ1) is 8.61. The zero-order valence-electron chi connectivity index (χ0n) is 11.0. The van der Waals surface area contributed by atoms with E-state index < -0.39 is 6.10 Å². The first kappa shape index (κ1) is 13.2. The van der Waals surface area contributed by atoms with Crippen LogP contribution in [0.4, 0.5) is 0 Å². The van der Waals surface area contributed by atoms with Crippen LogP contribution >= 0.6 is 11.8 Å². The second-order valence-electron chi connectivity index (χ2n) is 4.57. The van der Waals surface area contributed by atoms with Crippen molar-refractivity contribution in [1.82, 2.24) is 0 Å². The monoisotopic (exact) mass is 258 g/mol. The molecule has 2 rings (SSSR count). The van der Waals surface area contributed by atoms with E-state index in [1.165, 1.54) is 11.1 Å². The molecule has 1 N–H and O–H groups in total. The third-order valence-electron chi connectivity index (χ3n) is 2.99. The van der Waals surface area contributed by atoms with E-state index in [0.29, 0.717) is 0 Å². The number of aliphatic hydroxyl groups is 1. The summed E-state index contributed by atoms with van der Waals surface area (Å²) in [7, 11) is 0. The highest BCUT2D eigenvalue weighted by atomic mass is 32.2. The highest BCUT2D eigenvalue weighted by Gasteiger charge is 2.14. The largest absolute Gasteiger partial charge is 0.384 e. The van der Waals surface area contributed by atoms with Crippen LogP contribution in [-0.2, 0) is 0 Å². The van der Waals surface area contributed by atoms with Crippen LogP contribution in [0.3, 0.4) is 0 Å². The fourth-order valence-corrected chi connectivity index (χ4v) is 2.87. The van der Waals surface area contributed by atoms with Crippen LogP contribution < -0.4 is 0 Å². The number of rotatable bonds is 3. The summed E-state index contributed by atoms with van der Waals surface area (Å²) in [5.41, 5.74) is 4.32. The Morgan fingerprint density at radius 1 is 1.00 bits per heavy atom. The van der Waals surface area contributed by atoms with Gasteiger partial charge in [0.05, 0.1) is 0 Å². The molecule has 0 heterocycles. The van der Waals surface area contributed by atoms with E-state index in [0.717, 1.165) is 16.0 Å². The molecule has 0 bridgehead atoms. The maximum absolute atomic E-state index is 10.5. The van der Waals surface area contributed by atoms with Crippen LogP contribution in [0.2, 0.25) is 0 Å². The molecule has 0 aliphatic carbocycles. The fraction of sp³-hybridized carbons (Fsp3) is 0.250. The van der Waals surface area contributed by atoms with Crippen molar-refractivity contribution in [2.75, 3.05) is 6.26 Å². The zero-order valence-corrected chi connectivity index (χ0v) is 11.8. The molecular weight excluding hydrogens is 240 g/mol. The summed E-state index contributed by atoms with van der Waals surface area (Å²) in [5.74, 6) is 0. The van der Waals surface area contributed by atoms with Gasteiger partial charge in [-0.05, 0) is 37.3 Å². The minimum atomic E-state index is -0.549. The van der Waals surface area contributed by atoms with Gasteiger partial charge in [0.1, 0.15) is 6.10 Å². The third-order valence-corrected chi connectivity index (χ3v) is 3.80. The second kappa shape index (κ2) is 5.59. The molecule has 2 heteroatoms. The van der Waals surface area contributed by atoms with E-state index in [1.54, 1.807) is 11.8 Å². The highest BCUT2D eigenvalue weighted by Crippen LogP contribution is 2.30. The first-order valence-electron chi connectivity index (χ1n) is 6.01.